The first kappa shape index (κ1) is 10.6. The van der Waals surface area contributed by atoms with Gasteiger partial charge in [0.2, 0.25) is 0 Å². The molecule has 0 atom stereocenters. The minimum atomic E-state index is -0.820. The maximum absolute atomic E-state index is 9.92. The first-order valence-corrected chi connectivity index (χ1v) is 4.70. The van der Waals surface area contributed by atoms with Crippen molar-refractivity contribution in [2.24, 2.45) is 0 Å². The average Bonchev–Trinajstić information content (AvgIpc) is 1.95. The summed E-state index contributed by atoms with van der Waals surface area (Å²) in [5.41, 5.74) is 2.16. The number of aliphatic hydroxyl groups is 1. The zero-order valence-corrected chi connectivity index (χ0v) is 9.24. The van der Waals surface area contributed by atoms with Crippen LogP contribution in [0, 0.1) is 13.8 Å². The predicted octanol–water partition coefficient (Wildman–Crippen LogP) is 3.18. The van der Waals surface area contributed by atoms with Gasteiger partial charge < -0.3 is 5.11 Å². The zero-order valence-electron chi connectivity index (χ0n) is 8.48. The van der Waals surface area contributed by atoms with E-state index < -0.39 is 5.60 Å². The molecule has 2 heteroatoms. The van der Waals surface area contributed by atoms with Crippen molar-refractivity contribution in [2.45, 2.75) is 33.3 Å². The van der Waals surface area contributed by atoms with Gasteiger partial charge in [-0.2, -0.15) is 0 Å². The maximum atomic E-state index is 9.92. The third kappa shape index (κ3) is 2.04. The monoisotopic (exact) mass is 198 g/mol. The lowest BCUT2D eigenvalue weighted by atomic mass is 9.90. The molecule has 0 aromatic heterocycles. The molecule has 1 rings (SSSR count). The van der Waals surface area contributed by atoms with E-state index in [9.17, 15) is 5.11 Å². The van der Waals surface area contributed by atoms with E-state index >= 15 is 0 Å². The smallest absolute Gasteiger partial charge is 0.0846 e. The molecule has 0 aliphatic rings. The second-order valence-corrected chi connectivity index (χ2v) is 4.33. The Hall–Kier alpha value is -0.530. The minimum absolute atomic E-state index is 0.711. The molecule has 72 valence electrons. The Morgan fingerprint density at radius 1 is 1.23 bits per heavy atom. The Bertz CT molecular complexity index is 324. The molecule has 0 aliphatic heterocycles. The van der Waals surface area contributed by atoms with Gasteiger partial charge in [-0.3, -0.25) is 0 Å². The SMILES string of the molecule is Cc1ccc(Cl)c(C)c1C(C)(C)O. The van der Waals surface area contributed by atoms with Gasteiger partial charge in [0.05, 0.1) is 5.60 Å². The van der Waals surface area contributed by atoms with Gasteiger partial charge in [0.25, 0.3) is 0 Å². The van der Waals surface area contributed by atoms with Crippen molar-refractivity contribution >= 4 is 11.6 Å². The van der Waals surface area contributed by atoms with Crippen molar-refractivity contribution in [1.29, 1.82) is 0 Å². The van der Waals surface area contributed by atoms with Gasteiger partial charge in [0.1, 0.15) is 0 Å². The van der Waals surface area contributed by atoms with Gasteiger partial charge in [0, 0.05) is 5.02 Å². The first-order valence-electron chi connectivity index (χ1n) is 4.32. The third-order valence-corrected chi connectivity index (χ3v) is 2.63. The van der Waals surface area contributed by atoms with E-state index in [0.717, 1.165) is 16.7 Å². The fourth-order valence-electron chi connectivity index (χ4n) is 1.76. The molecule has 1 aromatic carbocycles. The Morgan fingerprint density at radius 2 is 1.77 bits per heavy atom. The maximum Gasteiger partial charge on any atom is 0.0846 e. The Labute approximate surface area is 84.4 Å². The van der Waals surface area contributed by atoms with Gasteiger partial charge in [-0.05, 0) is 50.5 Å². The van der Waals surface area contributed by atoms with Crippen molar-refractivity contribution in [3.63, 3.8) is 0 Å². The molecule has 0 radical (unpaired) electrons. The highest BCUT2D eigenvalue weighted by Crippen LogP contribution is 2.30. The predicted molar refractivity (Wildman–Crippen MR) is 56.2 cm³/mol. The van der Waals surface area contributed by atoms with Crippen LogP contribution >= 0.6 is 11.6 Å². The highest BCUT2D eigenvalue weighted by atomic mass is 35.5. The molecule has 1 aromatic rings. The summed E-state index contributed by atoms with van der Waals surface area (Å²) in [4.78, 5) is 0. The molecule has 1 nitrogen and oxygen atoms in total. The molecule has 1 N–H and O–H groups in total. The average molecular weight is 199 g/mol. The first-order chi connectivity index (χ1) is 5.84. The molecular weight excluding hydrogens is 184 g/mol. The van der Waals surface area contributed by atoms with Gasteiger partial charge in [-0.25, -0.2) is 0 Å². The van der Waals surface area contributed by atoms with Crippen LogP contribution in [0.2, 0.25) is 5.02 Å². The van der Waals surface area contributed by atoms with Crippen LogP contribution in [0.1, 0.15) is 30.5 Å². The van der Waals surface area contributed by atoms with Crippen LogP contribution in [0.5, 0.6) is 0 Å². The molecule has 0 saturated carbocycles. The fourth-order valence-corrected chi connectivity index (χ4v) is 1.92. The van der Waals surface area contributed by atoms with Crippen LogP contribution in [0.15, 0.2) is 12.1 Å². The molecule has 0 amide bonds. The highest BCUT2D eigenvalue weighted by Gasteiger charge is 2.21. The summed E-state index contributed by atoms with van der Waals surface area (Å²) in [6.07, 6.45) is 0. The van der Waals surface area contributed by atoms with E-state index in [-0.39, 0.29) is 0 Å². The number of rotatable bonds is 1. The van der Waals surface area contributed by atoms with Crippen molar-refractivity contribution in [1.82, 2.24) is 0 Å². The van der Waals surface area contributed by atoms with Crippen LogP contribution in [0.3, 0.4) is 0 Å². The van der Waals surface area contributed by atoms with Gasteiger partial charge in [0.15, 0.2) is 0 Å². The zero-order chi connectivity index (χ0) is 10.2. The lowest BCUT2D eigenvalue weighted by molar-refractivity contribution is 0.0772. The van der Waals surface area contributed by atoms with E-state index in [1.54, 1.807) is 13.8 Å². The summed E-state index contributed by atoms with van der Waals surface area (Å²) in [6, 6.07) is 3.80. The Balaban J connectivity index is 3.43. The summed E-state index contributed by atoms with van der Waals surface area (Å²) < 4.78 is 0. The van der Waals surface area contributed by atoms with Crippen molar-refractivity contribution < 1.29 is 5.11 Å². The molecular formula is C11H15ClO. The summed E-state index contributed by atoms with van der Waals surface area (Å²) in [5.74, 6) is 0. The molecule has 0 fully saturated rings. The topological polar surface area (TPSA) is 20.2 Å². The Morgan fingerprint density at radius 3 is 2.15 bits per heavy atom. The van der Waals surface area contributed by atoms with Crippen LogP contribution in [-0.4, -0.2) is 5.11 Å². The molecule has 0 unspecified atom stereocenters. The van der Waals surface area contributed by atoms with Crippen LogP contribution < -0.4 is 0 Å². The van der Waals surface area contributed by atoms with Crippen molar-refractivity contribution in [3.8, 4) is 0 Å². The third-order valence-electron chi connectivity index (χ3n) is 2.22. The lowest BCUT2D eigenvalue weighted by Gasteiger charge is -2.23. The number of benzene rings is 1. The second kappa shape index (κ2) is 3.32. The highest BCUT2D eigenvalue weighted by molar-refractivity contribution is 6.31. The molecule has 0 saturated heterocycles. The number of aryl methyl sites for hydroxylation is 1. The largest absolute Gasteiger partial charge is 0.386 e. The number of hydrogen-bond donors (Lipinski definition) is 1. The molecule has 0 spiro atoms. The fraction of sp³-hybridized carbons (Fsp3) is 0.455. The molecule has 0 bridgehead atoms. The van der Waals surface area contributed by atoms with Gasteiger partial charge in [-0.1, -0.05) is 17.7 Å². The lowest BCUT2D eigenvalue weighted by Crippen LogP contribution is -2.19. The van der Waals surface area contributed by atoms with E-state index in [0.29, 0.717) is 5.02 Å². The standard InChI is InChI=1S/C11H15ClO/c1-7-5-6-9(12)8(2)10(7)11(3,4)13/h5-6,13H,1-4H3. The normalized spacial score (nSPS) is 11.8. The summed E-state index contributed by atoms with van der Waals surface area (Å²) in [7, 11) is 0. The number of hydrogen-bond acceptors (Lipinski definition) is 1. The van der Waals surface area contributed by atoms with E-state index in [1.165, 1.54) is 0 Å². The van der Waals surface area contributed by atoms with E-state index in [2.05, 4.69) is 0 Å². The summed E-state index contributed by atoms with van der Waals surface area (Å²) in [6.45, 7) is 7.47. The Kier molecular flexibility index (Phi) is 2.69. The molecule has 13 heavy (non-hydrogen) atoms. The molecule has 0 heterocycles. The van der Waals surface area contributed by atoms with E-state index in [4.69, 9.17) is 11.6 Å². The van der Waals surface area contributed by atoms with Crippen LogP contribution in [0.4, 0.5) is 0 Å². The van der Waals surface area contributed by atoms with E-state index in [1.807, 2.05) is 26.0 Å². The van der Waals surface area contributed by atoms with Crippen molar-refractivity contribution in [2.75, 3.05) is 0 Å². The van der Waals surface area contributed by atoms with Gasteiger partial charge in [-0.15, -0.1) is 0 Å². The van der Waals surface area contributed by atoms with Crippen molar-refractivity contribution in [3.05, 3.63) is 33.8 Å². The quantitative estimate of drug-likeness (QED) is 0.735. The number of halogens is 1. The molecule has 0 aliphatic carbocycles. The summed E-state index contributed by atoms with van der Waals surface area (Å²) in [5, 5.41) is 10.6. The van der Waals surface area contributed by atoms with Crippen LogP contribution in [0.25, 0.3) is 0 Å². The second-order valence-electron chi connectivity index (χ2n) is 3.92. The summed E-state index contributed by atoms with van der Waals surface area (Å²) >= 11 is 5.98. The minimum Gasteiger partial charge on any atom is -0.386 e. The van der Waals surface area contributed by atoms with Crippen LogP contribution in [-0.2, 0) is 5.60 Å². The van der Waals surface area contributed by atoms with Gasteiger partial charge >= 0.3 is 0 Å².